The van der Waals surface area contributed by atoms with Crippen LogP contribution in [0.3, 0.4) is 0 Å². The predicted molar refractivity (Wildman–Crippen MR) is 77.7 cm³/mol. The Bertz CT molecular complexity index is 591. The molecule has 2 atom stereocenters. The number of carbonyl (C=O) groups is 2. The second-order valence-corrected chi connectivity index (χ2v) is 5.71. The maximum absolute atomic E-state index is 12.5. The Kier molecular flexibility index (Phi) is 4.42. The maximum Gasteiger partial charge on any atom is 0.316 e. The van der Waals surface area contributed by atoms with E-state index in [2.05, 4.69) is 15.3 Å². The molecule has 23 heavy (non-hydrogen) atoms. The molecule has 1 amide bonds. The van der Waals surface area contributed by atoms with Crippen molar-refractivity contribution in [2.75, 3.05) is 26.9 Å². The fourth-order valence-corrected chi connectivity index (χ4v) is 2.95. The van der Waals surface area contributed by atoms with Gasteiger partial charge in [-0.1, -0.05) is 0 Å². The van der Waals surface area contributed by atoms with Crippen LogP contribution in [0.25, 0.3) is 0 Å². The van der Waals surface area contributed by atoms with E-state index in [9.17, 15) is 9.59 Å². The molecular weight excluding hydrogens is 302 g/mol. The quantitative estimate of drug-likeness (QED) is 0.754. The lowest BCUT2D eigenvalue weighted by Gasteiger charge is -2.35. The van der Waals surface area contributed by atoms with Crippen molar-refractivity contribution in [1.29, 1.82) is 0 Å². The molecule has 0 bridgehead atoms. The minimum Gasteiger partial charge on any atom is -0.467 e. The van der Waals surface area contributed by atoms with Crippen LogP contribution < -0.4 is 10.1 Å². The van der Waals surface area contributed by atoms with Gasteiger partial charge in [-0.3, -0.25) is 9.59 Å². The number of hydrogen-bond donors (Lipinski definition) is 1. The van der Waals surface area contributed by atoms with Crippen LogP contribution >= 0.6 is 0 Å². The van der Waals surface area contributed by atoms with E-state index in [1.165, 1.54) is 7.11 Å². The van der Waals surface area contributed by atoms with Gasteiger partial charge in [-0.15, -0.1) is 0 Å². The lowest BCUT2D eigenvalue weighted by Crippen LogP contribution is -2.54. The first-order valence-electron chi connectivity index (χ1n) is 7.54. The summed E-state index contributed by atoms with van der Waals surface area (Å²) < 4.78 is 15.9. The van der Waals surface area contributed by atoms with Crippen LogP contribution in [0.15, 0.2) is 12.4 Å². The van der Waals surface area contributed by atoms with Crippen molar-refractivity contribution in [2.24, 2.45) is 5.41 Å². The van der Waals surface area contributed by atoms with Crippen LogP contribution in [-0.2, 0) is 25.5 Å². The highest BCUT2D eigenvalue weighted by Gasteiger charge is 2.54. The summed E-state index contributed by atoms with van der Waals surface area (Å²) in [5.41, 5.74) is 0.108. The van der Waals surface area contributed by atoms with Gasteiger partial charge >= 0.3 is 12.0 Å². The van der Waals surface area contributed by atoms with Crippen LogP contribution in [0.5, 0.6) is 6.01 Å². The minimum absolute atomic E-state index is 0.0873. The Balaban J connectivity index is 1.55. The zero-order valence-electron chi connectivity index (χ0n) is 12.9. The Morgan fingerprint density at radius 3 is 3.00 bits per heavy atom. The zero-order valence-corrected chi connectivity index (χ0v) is 12.9. The number of amides is 1. The van der Waals surface area contributed by atoms with Gasteiger partial charge in [-0.25, -0.2) is 9.97 Å². The molecule has 1 N–H and O–H groups in total. The highest BCUT2D eigenvalue weighted by molar-refractivity contribution is 5.85. The number of rotatable bonds is 5. The minimum atomic E-state index is -0.746. The largest absolute Gasteiger partial charge is 0.467 e. The molecule has 8 heteroatoms. The van der Waals surface area contributed by atoms with Crippen molar-refractivity contribution in [2.45, 2.75) is 25.4 Å². The third-order valence-corrected chi connectivity index (χ3v) is 4.35. The fourth-order valence-electron chi connectivity index (χ4n) is 2.95. The van der Waals surface area contributed by atoms with Crippen molar-refractivity contribution < 1.29 is 23.8 Å². The molecule has 0 saturated carbocycles. The number of piperidine rings is 1. The van der Waals surface area contributed by atoms with Gasteiger partial charge in [0.2, 0.25) is 5.91 Å². The number of nitrogens with zero attached hydrogens (tertiary/aromatic N) is 2. The molecule has 2 saturated heterocycles. The summed E-state index contributed by atoms with van der Waals surface area (Å²) in [6.07, 6.45) is 4.20. The smallest absolute Gasteiger partial charge is 0.316 e. The third kappa shape index (κ3) is 3.12. The van der Waals surface area contributed by atoms with Crippen LogP contribution in [0, 0.1) is 5.41 Å². The molecular formula is C15H19N3O5. The molecule has 2 aliphatic rings. The lowest BCUT2D eigenvalue weighted by atomic mass is 9.77. The van der Waals surface area contributed by atoms with Gasteiger partial charge < -0.3 is 19.5 Å². The fraction of sp³-hybridized carbons (Fsp3) is 0.600. The van der Waals surface area contributed by atoms with E-state index in [0.717, 1.165) is 5.56 Å². The molecule has 3 heterocycles. The summed E-state index contributed by atoms with van der Waals surface area (Å²) >= 11 is 0. The molecule has 2 fully saturated rings. The molecule has 8 nitrogen and oxygen atoms in total. The number of methoxy groups -OCH3 is 1. The Morgan fingerprint density at radius 1 is 1.48 bits per heavy atom. The molecule has 0 aliphatic carbocycles. The van der Waals surface area contributed by atoms with E-state index in [1.807, 2.05) is 0 Å². The number of hydrogen-bond acceptors (Lipinski definition) is 7. The number of aromatic nitrogens is 2. The first kappa shape index (κ1) is 15.7. The van der Waals surface area contributed by atoms with Crippen LogP contribution in [0.1, 0.15) is 18.4 Å². The average Bonchev–Trinajstić information content (AvgIpc) is 2.99. The van der Waals surface area contributed by atoms with E-state index in [4.69, 9.17) is 14.2 Å². The first-order chi connectivity index (χ1) is 11.1. The molecule has 0 spiro atoms. The van der Waals surface area contributed by atoms with E-state index < -0.39 is 5.41 Å². The van der Waals surface area contributed by atoms with E-state index >= 15 is 0 Å². The summed E-state index contributed by atoms with van der Waals surface area (Å²) in [4.78, 5) is 32.0. The highest BCUT2D eigenvalue weighted by Crippen LogP contribution is 2.39. The van der Waals surface area contributed by atoms with Crippen molar-refractivity contribution in [3.8, 4) is 6.01 Å². The molecule has 0 aromatic carbocycles. The van der Waals surface area contributed by atoms with Gasteiger partial charge in [0.25, 0.3) is 0 Å². The normalized spacial score (nSPS) is 26.3. The van der Waals surface area contributed by atoms with Crippen molar-refractivity contribution >= 4 is 11.9 Å². The highest BCUT2D eigenvalue weighted by atomic mass is 16.5. The van der Waals surface area contributed by atoms with E-state index in [0.29, 0.717) is 25.5 Å². The number of nitrogens with one attached hydrogen (secondary N) is 1. The Hall–Kier alpha value is -2.22. The molecule has 3 rings (SSSR count). The van der Waals surface area contributed by atoms with Gasteiger partial charge in [-0.05, 0) is 12.0 Å². The van der Waals surface area contributed by atoms with E-state index in [-0.39, 0.29) is 37.6 Å². The number of carbonyl (C=O) groups excluding carboxylic acids is 2. The monoisotopic (exact) mass is 321 g/mol. The lowest BCUT2D eigenvalue weighted by molar-refractivity contribution is -0.162. The zero-order chi connectivity index (χ0) is 16.3. The van der Waals surface area contributed by atoms with Crippen LogP contribution in [0.4, 0.5) is 0 Å². The first-order valence-corrected chi connectivity index (χ1v) is 7.54. The van der Waals surface area contributed by atoms with Gasteiger partial charge in [0.15, 0.2) is 0 Å². The van der Waals surface area contributed by atoms with Gasteiger partial charge in [0, 0.05) is 32.0 Å². The number of esters is 1. The van der Waals surface area contributed by atoms with Crippen LogP contribution in [-0.4, -0.2) is 54.8 Å². The number of fused-ring (bicyclic) bond motifs is 1. The van der Waals surface area contributed by atoms with Gasteiger partial charge in [0.05, 0.1) is 26.2 Å². The molecule has 1 aromatic heterocycles. The van der Waals surface area contributed by atoms with Crippen molar-refractivity contribution in [3.05, 3.63) is 18.0 Å². The topological polar surface area (TPSA) is 99.6 Å². The summed E-state index contributed by atoms with van der Waals surface area (Å²) in [5, 5.41) is 2.74. The summed E-state index contributed by atoms with van der Waals surface area (Å²) in [6, 6.07) is 0.300. The molecule has 0 radical (unpaired) electrons. The number of ether oxygens (including phenoxy) is 3. The predicted octanol–water partition coefficient (Wildman–Crippen LogP) is -0.134. The third-order valence-electron chi connectivity index (χ3n) is 4.35. The second kappa shape index (κ2) is 6.49. The molecule has 1 aromatic rings. The standard InChI is InChI=1S/C15H19N3O5/c1-21-14-16-7-10(8-17-14)2-4-23-13(20)15-3-5-22-11(15)6-12(19)18-9-15/h7-8,11H,2-6,9H2,1H3,(H,18,19)/t11-,15-/m0/s1. The summed E-state index contributed by atoms with van der Waals surface area (Å²) in [6.45, 7) is 0.985. The second-order valence-electron chi connectivity index (χ2n) is 5.71. The van der Waals surface area contributed by atoms with Crippen LogP contribution in [0.2, 0.25) is 0 Å². The van der Waals surface area contributed by atoms with Crippen molar-refractivity contribution in [1.82, 2.24) is 15.3 Å². The Labute approximate surface area is 133 Å². The van der Waals surface area contributed by atoms with E-state index in [1.54, 1.807) is 12.4 Å². The average molecular weight is 321 g/mol. The summed E-state index contributed by atoms with van der Waals surface area (Å²) in [7, 11) is 1.50. The molecule has 124 valence electrons. The van der Waals surface area contributed by atoms with Gasteiger partial charge in [-0.2, -0.15) is 0 Å². The molecule has 2 aliphatic heterocycles. The maximum atomic E-state index is 12.5. The summed E-state index contributed by atoms with van der Waals surface area (Å²) in [5.74, 6) is -0.398. The SMILES string of the molecule is COc1ncc(CCOC(=O)[C@]23CCO[C@H]2CC(=O)NC3)cn1. The van der Waals surface area contributed by atoms with Crippen molar-refractivity contribution in [3.63, 3.8) is 0 Å². The van der Waals surface area contributed by atoms with Gasteiger partial charge in [0.1, 0.15) is 5.41 Å². The molecule has 0 unspecified atom stereocenters. The Morgan fingerprint density at radius 2 is 2.26 bits per heavy atom.